The second kappa shape index (κ2) is 4.78. The number of hydrogen-bond donors (Lipinski definition) is 1. The fraction of sp³-hybridized carbons (Fsp3) is 0.909. The fourth-order valence-corrected chi connectivity index (χ4v) is 2.05. The van der Waals surface area contributed by atoms with Crippen LogP contribution in [-0.4, -0.2) is 24.2 Å². The van der Waals surface area contributed by atoms with Crippen LogP contribution in [0.4, 0.5) is 0 Å². The molecule has 1 N–H and O–H groups in total. The van der Waals surface area contributed by atoms with Gasteiger partial charge in [-0.25, -0.2) is 0 Å². The zero-order valence-electron chi connectivity index (χ0n) is 9.43. The summed E-state index contributed by atoms with van der Waals surface area (Å²) in [6, 6.07) is 0. The Morgan fingerprint density at radius 3 is 2.71 bits per heavy atom. The predicted octanol–water partition coefficient (Wildman–Crippen LogP) is 1.86. The Bertz CT molecular complexity index is 195. The predicted molar refractivity (Wildman–Crippen MR) is 56.1 cm³/mol. The molecule has 0 aliphatic carbocycles. The summed E-state index contributed by atoms with van der Waals surface area (Å²) in [5.41, 5.74) is -0.376. The number of esters is 1. The van der Waals surface area contributed by atoms with Crippen LogP contribution in [0.15, 0.2) is 0 Å². The molecule has 3 heteroatoms. The maximum Gasteiger partial charge on any atom is 0.326 e. The van der Waals surface area contributed by atoms with Crippen LogP contribution in [-0.2, 0) is 9.53 Å². The summed E-state index contributed by atoms with van der Waals surface area (Å²) in [4.78, 5) is 11.9. The summed E-state index contributed by atoms with van der Waals surface area (Å²) in [7, 11) is 0. The van der Waals surface area contributed by atoms with E-state index in [0.717, 1.165) is 32.2 Å². The van der Waals surface area contributed by atoms with Gasteiger partial charge in [-0.15, -0.1) is 0 Å². The maximum atomic E-state index is 11.9. The molecule has 0 bridgehead atoms. The standard InChI is InChI=1S/C11H21NO2/c1-4-6-11(7-5-8-12-11)10(13)14-9(2)3/h9,12H,4-8H2,1-3H3. The topological polar surface area (TPSA) is 38.3 Å². The van der Waals surface area contributed by atoms with E-state index in [4.69, 9.17) is 4.74 Å². The molecule has 1 rings (SSSR count). The second-order valence-electron chi connectivity index (χ2n) is 4.32. The Morgan fingerprint density at radius 1 is 1.57 bits per heavy atom. The summed E-state index contributed by atoms with van der Waals surface area (Å²) < 4.78 is 5.29. The summed E-state index contributed by atoms with van der Waals surface area (Å²) in [5, 5.41) is 3.30. The molecule has 0 aromatic rings. The van der Waals surface area contributed by atoms with Gasteiger partial charge in [-0.2, -0.15) is 0 Å². The van der Waals surface area contributed by atoms with E-state index in [1.165, 1.54) is 0 Å². The summed E-state index contributed by atoms with van der Waals surface area (Å²) in [5.74, 6) is -0.0631. The number of carbonyl (C=O) groups excluding carboxylic acids is 1. The number of nitrogens with one attached hydrogen (secondary N) is 1. The van der Waals surface area contributed by atoms with Crippen molar-refractivity contribution in [2.45, 2.75) is 58.1 Å². The van der Waals surface area contributed by atoms with Gasteiger partial charge in [0.1, 0.15) is 5.54 Å². The Hall–Kier alpha value is -0.570. The lowest BCUT2D eigenvalue weighted by Gasteiger charge is -2.27. The van der Waals surface area contributed by atoms with E-state index >= 15 is 0 Å². The van der Waals surface area contributed by atoms with Crippen molar-refractivity contribution in [1.82, 2.24) is 5.32 Å². The van der Waals surface area contributed by atoms with E-state index in [0.29, 0.717) is 0 Å². The fourth-order valence-electron chi connectivity index (χ4n) is 2.05. The van der Waals surface area contributed by atoms with Crippen LogP contribution < -0.4 is 5.32 Å². The van der Waals surface area contributed by atoms with Crippen LogP contribution in [0.2, 0.25) is 0 Å². The van der Waals surface area contributed by atoms with Gasteiger partial charge in [0.15, 0.2) is 0 Å². The first-order chi connectivity index (χ1) is 6.60. The Labute approximate surface area is 86.2 Å². The lowest BCUT2D eigenvalue weighted by atomic mass is 9.92. The highest BCUT2D eigenvalue weighted by Gasteiger charge is 2.41. The van der Waals surface area contributed by atoms with Crippen LogP contribution >= 0.6 is 0 Å². The highest BCUT2D eigenvalue weighted by Crippen LogP contribution is 2.26. The molecule has 82 valence electrons. The van der Waals surface area contributed by atoms with Crippen LogP contribution in [0.1, 0.15) is 46.5 Å². The SMILES string of the molecule is CCCC1(C(=O)OC(C)C)CCCN1. The van der Waals surface area contributed by atoms with E-state index in [9.17, 15) is 4.79 Å². The number of rotatable bonds is 4. The van der Waals surface area contributed by atoms with Gasteiger partial charge in [-0.3, -0.25) is 4.79 Å². The lowest BCUT2D eigenvalue weighted by Crippen LogP contribution is -2.49. The van der Waals surface area contributed by atoms with Gasteiger partial charge in [0.2, 0.25) is 0 Å². The summed E-state index contributed by atoms with van der Waals surface area (Å²) in [6.45, 7) is 6.83. The summed E-state index contributed by atoms with van der Waals surface area (Å²) in [6.07, 6.45) is 3.89. The van der Waals surface area contributed by atoms with Crippen LogP contribution in [0.25, 0.3) is 0 Å². The molecule has 0 spiro atoms. The van der Waals surface area contributed by atoms with Gasteiger partial charge in [-0.05, 0) is 39.7 Å². The minimum Gasteiger partial charge on any atom is -0.462 e. The largest absolute Gasteiger partial charge is 0.462 e. The van der Waals surface area contributed by atoms with Crippen molar-refractivity contribution in [3.63, 3.8) is 0 Å². The van der Waals surface area contributed by atoms with Crippen molar-refractivity contribution in [2.24, 2.45) is 0 Å². The molecular formula is C11H21NO2. The first-order valence-corrected chi connectivity index (χ1v) is 5.57. The van der Waals surface area contributed by atoms with Crippen molar-refractivity contribution in [3.05, 3.63) is 0 Å². The third-order valence-electron chi connectivity index (χ3n) is 2.65. The van der Waals surface area contributed by atoms with Crippen molar-refractivity contribution >= 4 is 5.97 Å². The third kappa shape index (κ3) is 2.47. The Balaban J connectivity index is 2.62. The molecule has 0 saturated carbocycles. The van der Waals surface area contributed by atoms with Gasteiger partial charge < -0.3 is 10.1 Å². The number of hydrogen-bond acceptors (Lipinski definition) is 3. The van der Waals surface area contributed by atoms with Gasteiger partial charge >= 0.3 is 5.97 Å². The number of carbonyl (C=O) groups is 1. The van der Waals surface area contributed by atoms with E-state index in [1.807, 2.05) is 13.8 Å². The molecule has 14 heavy (non-hydrogen) atoms. The minimum atomic E-state index is -0.376. The quantitative estimate of drug-likeness (QED) is 0.702. The molecule has 1 atom stereocenters. The van der Waals surface area contributed by atoms with Crippen LogP contribution in [0.3, 0.4) is 0 Å². The highest BCUT2D eigenvalue weighted by atomic mass is 16.5. The molecule has 1 fully saturated rings. The highest BCUT2D eigenvalue weighted by molar-refractivity contribution is 5.81. The molecule has 0 radical (unpaired) electrons. The molecule has 0 aromatic carbocycles. The zero-order chi connectivity index (χ0) is 10.6. The van der Waals surface area contributed by atoms with E-state index in [1.54, 1.807) is 0 Å². The molecule has 1 aliphatic rings. The van der Waals surface area contributed by atoms with Crippen molar-refractivity contribution in [3.8, 4) is 0 Å². The van der Waals surface area contributed by atoms with Gasteiger partial charge in [-0.1, -0.05) is 13.3 Å². The van der Waals surface area contributed by atoms with Crippen LogP contribution in [0.5, 0.6) is 0 Å². The zero-order valence-corrected chi connectivity index (χ0v) is 9.43. The Kier molecular flexibility index (Phi) is 3.93. The van der Waals surface area contributed by atoms with E-state index < -0.39 is 0 Å². The van der Waals surface area contributed by atoms with Gasteiger partial charge in [0.25, 0.3) is 0 Å². The smallest absolute Gasteiger partial charge is 0.326 e. The van der Waals surface area contributed by atoms with Crippen molar-refractivity contribution in [2.75, 3.05) is 6.54 Å². The third-order valence-corrected chi connectivity index (χ3v) is 2.65. The molecule has 0 aromatic heterocycles. The molecule has 1 aliphatic heterocycles. The first kappa shape index (κ1) is 11.5. The van der Waals surface area contributed by atoms with E-state index in [2.05, 4.69) is 12.2 Å². The van der Waals surface area contributed by atoms with Crippen molar-refractivity contribution in [1.29, 1.82) is 0 Å². The Morgan fingerprint density at radius 2 is 2.29 bits per heavy atom. The maximum absolute atomic E-state index is 11.9. The molecule has 1 heterocycles. The van der Waals surface area contributed by atoms with Gasteiger partial charge in [0.05, 0.1) is 6.10 Å². The number of ether oxygens (including phenoxy) is 1. The average molecular weight is 199 g/mol. The molecule has 1 unspecified atom stereocenters. The molecule has 3 nitrogen and oxygen atoms in total. The lowest BCUT2D eigenvalue weighted by molar-refractivity contribution is -0.155. The second-order valence-corrected chi connectivity index (χ2v) is 4.32. The van der Waals surface area contributed by atoms with Gasteiger partial charge in [0, 0.05) is 0 Å². The average Bonchev–Trinajstić information content (AvgIpc) is 2.53. The normalized spacial score (nSPS) is 26.9. The summed E-state index contributed by atoms with van der Waals surface area (Å²) >= 11 is 0. The minimum absolute atomic E-state index is 0.0152. The van der Waals surface area contributed by atoms with E-state index in [-0.39, 0.29) is 17.6 Å². The first-order valence-electron chi connectivity index (χ1n) is 5.57. The molecule has 0 amide bonds. The van der Waals surface area contributed by atoms with Crippen LogP contribution in [0, 0.1) is 0 Å². The molecule has 1 saturated heterocycles. The van der Waals surface area contributed by atoms with Crippen molar-refractivity contribution < 1.29 is 9.53 Å². The molecular weight excluding hydrogens is 178 g/mol. The monoisotopic (exact) mass is 199 g/mol.